The number of nitrogens with one attached hydrogen (secondary N) is 1. The van der Waals surface area contributed by atoms with E-state index >= 15 is 0 Å². The van der Waals surface area contributed by atoms with Crippen LogP contribution in [0, 0.1) is 5.92 Å². The van der Waals surface area contributed by atoms with Gasteiger partial charge in [-0.15, -0.1) is 0 Å². The minimum atomic E-state index is -0.628. The molecule has 0 atom stereocenters. The fourth-order valence-electron chi connectivity index (χ4n) is 3.41. The van der Waals surface area contributed by atoms with E-state index in [9.17, 15) is 9.90 Å². The molecule has 2 N–H and O–H groups in total. The van der Waals surface area contributed by atoms with Crippen molar-refractivity contribution in [2.45, 2.75) is 51.2 Å². The SMILES string of the molecule is CC(C)(O)C1CCC(NC(=O)c2cnc3ccccc3c2)CC1. The van der Waals surface area contributed by atoms with E-state index < -0.39 is 5.60 Å². The van der Waals surface area contributed by atoms with Crippen molar-refractivity contribution in [3.63, 3.8) is 0 Å². The molecular weight excluding hydrogens is 288 g/mol. The molecule has 3 rings (SSSR count). The summed E-state index contributed by atoms with van der Waals surface area (Å²) in [6.45, 7) is 3.74. The molecule has 0 spiro atoms. The zero-order valence-corrected chi connectivity index (χ0v) is 13.7. The molecule has 0 unspecified atom stereocenters. The molecular formula is C19H24N2O2. The quantitative estimate of drug-likeness (QED) is 0.914. The Morgan fingerprint density at radius 2 is 1.91 bits per heavy atom. The van der Waals surface area contributed by atoms with Gasteiger partial charge in [-0.3, -0.25) is 9.78 Å². The molecule has 1 aliphatic carbocycles. The second-order valence-corrected chi connectivity index (χ2v) is 7.09. The van der Waals surface area contributed by atoms with Crippen LogP contribution in [0.25, 0.3) is 10.9 Å². The number of hydrogen-bond acceptors (Lipinski definition) is 3. The monoisotopic (exact) mass is 312 g/mol. The summed E-state index contributed by atoms with van der Waals surface area (Å²) in [6.07, 6.45) is 5.37. The van der Waals surface area contributed by atoms with Crippen LogP contribution in [0.1, 0.15) is 49.9 Å². The Labute approximate surface area is 136 Å². The van der Waals surface area contributed by atoms with Gasteiger partial charge in [0, 0.05) is 17.6 Å². The molecule has 122 valence electrons. The zero-order chi connectivity index (χ0) is 16.4. The van der Waals surface area contributed by atoms with Gasteiger partial charge in [0.2, 0.25) is 0 Å². The van der Waals surface area contributed by atoms with Gasteiger partial charge < -0.3 is 10.4 Å². The highest BCUT2D eigenvalue weighted by atomic mass is 16.3. The van der Waals surface area contributed by atoms with Gasteiger partial charge in [-0.05, 0) is 57.6 Å². The number of hydrogen-bond donors (Lipinski definition) is 2. The van der Waals surface area contributed by atoms with E-state index in [0.29, 0.717) is 11.5 Å². The van der Waals surface area contributed by atoms with Crippen molar-refractivity contribution in [3.05, 3.63) is 42.1 Å². The molecule has 1 aromatic carbocycles. The Morgan fingerprint density at radius 1 is 1.22 bits per heavy atom. The van der Waals surface area contributed by atoms with Gasteiger partial charge in [0.05, 0.1) is 16.7 Å². The van der Waals surface area contributed by atoms with Gasteiger partial charge in [-0.25, -0.2) is 0 Å². The van der Waals surface area contributed by atoms with Crippen LogP contribution in [0.5, 0.6) is 0 Å². The van der Waals surface area contributed by atoms with Crippen LogP contribution >= 0.6 is 0 Å². The van der Waals surface area contributed by atoms with Crippen molar-refractivity contribution in [1.29, 1.82) is 0 Å². The van der Waals surface area contributed by atoms with Crippen LogP contribution in [0.2, 0.25) is 0 Å². The molecule has 1 aliphatic rings. The molecule has 1 heterocycles. The average Bonchev–Trinajstić information content (AvgIpc) is 2.54. The number of para-hydroxylation sites is 1. The fraction of sp³-hybridized carbons (Fsp3) is 0.474. The standard InChI is InChI=1S/C19H24N2O2/c1-19(2,23)15-7-9-16(10-8-15)21-18(22)14-11-13-5-3-4-6-17(13)20-12-14/h3-6,11-12,15-16,23H,7-10H2,1-2H3,(H,21,22). The van der Waals surface area contributed by atoms with Crippen LogP contribution in [0.3, 0.4) is 0 Å². The summed E-state index contributed by atoms with van der Waals surface area (Å²) in [5.74, 6) is 0.257. The minimum Gasteiger partial charge on any atom is -0.390 e. The number of amides is 1. The number of carbonyl (C=O) groups excluding carboxylic acids is 1. The first kappa shape index (κ1) is 15.9. The molecule has 1 saturated carbocycles. The first-order valence-corrected chi connectivity index (χ1v) is 8.31. The van der Waals surface area contributed by atoms with Gasteiger partial charge >= 0.3 is 0 Å². The maximum atomic E-state index is 12.4. The van der Waals surface area contributed by atoms with Crippen molar-refractivity contribution in [3.8, 4) is 0 Å². The third-order valence-electron chi connectivity index (χ3n) is 4.91. The van der Waals surface area contributed by atoms with Crippen molar-refractivity contribution < 1.29 is 9.90 Å². The molecule has 4 nitrogen and oxygen atoms in total. The second kappa shape index (κ2) is 6.28. The van der Waals surface area contributed by atoms with E-state index in [1.165, 1.54) is 0 Å². The molecule has 1 amide bonds. The number of pyridine rings is 1. The molecule has 1 aromatic heterocycles. The topological polar surface area (TPSA) is 62.2 Å². The summed E-state index contributed by atoms with van der Waals surface area (Å²) in [5, 5.41) is 14.2. The number of nitrogens with zero attached hydrogens (tertiary/aromatic N) is 1. The lowest BCUT2D eigenvalue weighted by molar-refractivity contribution is -0.00257. The highest BCUT2D eigenvalue weighted by molar-refractivity contribution is 5.97. The van der Waals surface area contributed by atoms with Gasteiger partial charge in [0.25, 0.3) is 5.91 Å². The van der Waals surface area contributed by atoms with Gasteiger partial charge in [0.15, 0.2) is 0 Å². The summed E-state index contributed by atoms with van der Waals surface area (Å²) in [5.41, 5.74) is 0.875. The van der Waals surface area contributed by atoms with Crippen molar-refractivity contribution in [2.75, 3.05) is 0 Å². The number of aliphatic hydroxyl groups is 1. The summed E-state index contributed by atoms with van der Waals surface area (Å²) >= 11 is 0. The summed E-state index contributed by atoms with van der Waals surface area (Å²) in [4.78, 5) is 16.8. The normalized spacial score (nSPS) is 22.0. The third kappa shape index (κ3) is 3.70. The lowest BCUT2D eigenvalue weighted by Gasteiger charge is -2.36. The summed E-state index contributed by atoms with van der Waals surface area (Å²) in [7, 11) is 0. The van der Waals surface area contributed by atoms with Crippen molar-refractivity contribution in [1.82, 2.24) is 10.3 Å². The van der Waals surface area contributed by atoms with Crippen LogP contribution in [0.15, 0.2) is 36.5 Å². The van der Waals surface area contributed by atoms with Gasteiger partial charge in [0.1, 0.15) is 0 Å². The van der Waals surface area contributed by atoms with Crippen LogP contribution in [-0.2, 0) is 0 Å². The fourth-order valence-corrected chi connectivity index (χ4v) is 3.41. The Morgan fingerprint density at radius 3 is 2.61 bits per heavy atom. The summed E-state index contributed by atoms with van der Waals surface area (Å²) in [6, 6.07) is 9.87. The molecule has 0 radical (unpaired) electrons. The van der Waals surface area contributed by atoms with Crippen molar-refractivity contribution in [2.24, 2.45) is 5.92 Å². The van der Waals surface area contributed by atoms with Crippen LogP contribution < -0.4 is 5.32 Å². The van der Waals surface area contributed by atoms with Crippen LogP contribution in [0.4, 0.5) is 0 Å². The predicted octanol–water partition coefficient (Wildman–Crippen LogP) is 3.29. The Kier molecular flexibility index (Phi) is 4.35. The van der Waals surface area contributed by atoms with E-state index in [2.05, 4.69) is 10.3 Å². The molecule has 0 aliphatic heterocycles. The van der Waals surface area contributed by atoms with E-state index in [0.717, 1.165) is 36.6 Å². The smallest absolute Gasteiger partial charge is 0.253 e. The molecule has 1 fully saturated rings. The van der Waals surface area contributed by atoms with Gasteiger partial charge in [-0.1, -0.05) is 18.2 Å². The summed E-state index contributed by atoms with van der Waals surface area (Å²) < 4.78 is 0. The molecule has 0 saturated heterocycles. The van der Waals surface area contributed by atoms with E-state index in [4.69, 9.17) is 0 Å². The predicted molar refractivity (Wildman–Crippen MR) is 91.3 cm³/mol. The maximum absolute atomic E-state index is 12.4. The zero-order valence-electron chi connectivity index (χ0n) is 13.7. The van der Waals surface area contributed by atoms with Gasteiger partial charge in [-0.2, -0.15) is 0 Å². The Hall–Kier alpha value is -1.94. The lowest BCUT2D eigenvalue weighted by atomic mass is 9.77. The molecule has 23 heavy (non-hydrogen) atoms. The number of benzene rings is 1. The minimum absolute atomic E-state index is 0.0602. The number of rotatable bonds is 3. The second-order valence-electron chi connectivity index (χ2n) is 7.09. The van der Waals surface area contributed by atoms with E-state index in [1.807, 2.05) is 44.2 Å². The highest BCUT2D eigenvalue weighted by Gasteiger charge is 2.31. The number of fused-ring (bicyclic) bond motifs is 1. The largest absolute Gasteiger partial charge is 0.390 e. The molecule has 2 aromatic rings. The van der Waals surface area contributed by atoms with Crippen LogP contribution in [-0.4, -0.2) is 27.6 Å². The lowest BCUT2D eigenvalue weighted by Crippen LogP contribution is -2.41. The van der Waals surface area contributed by atoms with E-state index in [-0.39, 0.29) is 11.9 Å². The number of aromatic nitrogens is 1. The highest BCUT2D eigenvalue weighted by Crippen LogP contribution is 2.32. The Bertz CT molecular complexity index is 698. The Balaban J connectivity index is 1.63. The van der Waals surface area contributed by atoms with Crippen molar-refractivity contribution >= 4 is 16.8 Å². The maximum Gasteiger partial charge on any atom is 0.253 e. The molecule has 0 bridgehead atoms. The average molecular weight is 312 g/mol. The molecule has 4 heteroatoms. The first-order chi connectivity index (χ1) is 10.9. The first-order valence-electron chi connectivity index (χ1n) is 8.31. The third-order valence-corrected chi connectivity index (χ3v) is 4.91. The van der Waals surface area contributed by atoms with E-state index in [1.54, 1.807) is 6.20 Å². The number of carbonyl (C=O) groups is 1.